The number of nitrogens with zero attached hydrogens (tertiary/aromatic N) is 1. The van der Waals surface area contributed by atoms with E-state index in [1.807, 2.05) is 0 Å². The number of ether oxygens (including phenoxy) is 1. The molecule has 0 spiro atoms. The van der Waals surface area contributed by atoms with E-state index in [9.17, 15) is 9.90 Å². The number of methoxy groups -OCH3 is 1. The van der Waals surface area contributed by atoms with Gasteiger partial charge in [-0.15, -0.1) is 0 Å². The van der Waals surface area contributed by atoms with Crippen LogP contribution in [0.15, 0.2) is 16.9 Å². The van der Waals surface area contributed by atoms with Crippen molar-refractivity contribution in [3.63, 3.8) is 0 Å². The van der Waals surface area contributed by atoms with Crippen LogP contribution in [0.1, 0.15) is 77.5 Å². The molecule has 0 amide bonds. The Morgan fingerprint density at radius 2 is 1.97 bits per heavy atom. The van der Waals surface area contributed by atoms with Crippen molar-refractivity contribution in [2.75, 3.05) is 13.7 Å². The molecule has 0 radical (unpaired) electrons. The van der Waals surface area contributed by atoms with Gasteiger partial charge in [0.1, 0.15) is 12.0 Å². The van der Waals surface area contributed by atoms with Gasteiger partial charge in [0.2, 0.25) is 5.89 Å². The molecular weight excluding hydrogens is 390 g/mol. The molecule has 1 heterocycles. The van der Waals surface area contributed by atoms with E-state index in [1.54, 1.807) is 19.6 Å². The quantitative estimate of drug-likeness (QED) is 0.726. The zero-order chi connectivity index (χ0) is 21.9. The Kier molecular flexibility index (Phi) is 5.37. The minimum Gasteiger partial charge on any atom is -0.449 e. The minimum absolute atomic E-state index is 0.104. The molecule has 5 rings (SSSR count). The van der Waals surface area contributed by atoms with Crippen molar-refractivity contribution in [3.05, 3.63) is 18.4 Å². The first-order valence-electron chi connectivity index (χ1n) is 12.4. The minimum atomic E-state index is -0.627. The van der Waals surface area contributed by atoms with E-state index >= 15 is 0 Å². The smallest absolute Gasteiger partial charge is 0.201 e. The first-order valence-corrected chi connectivity index (χ1v) is 12.4. The highest BCUT2D eigenvalue weighted by Crippen LogP contribution is 2.69. The van der Waals surface area contributed by atoms with Crippen molar-refractivity contribution >= 4 is 5.78 Å². The van der Waals surface area contributed by atoms with Gasteiger partial charge in [-0.25, -0.2) is 4.98 Å². The van der Waals surface area contributed by atoms with Gasteiger partial charge in [0.15, 0.2) is 0 Å². The normalized spacial score (nSPS) is 46.8. The predicted octanol–water partition coefficient (Wildman–Crippen LogP) is 4.82. The SMILES string of the molecule is COC[C@@]1(O)CC[C@H]2[C@H](CCC3(C)[C@@H]2CC[C@]2(C)[C@@H](C(=O)Cc4ncco4)CC[C@@H]32)C1. The van der Waals surface area contributed by atoms with Crippen LogP contribution >= 0.6 is 0 Å². The van der Waals surface area contributed by atoms with E-state index in [4.69, 9.17) is 9.15 Å². The summed E-state index contributed by atoms with van der Waals surface area (Å²) in [5.41, 5.74) is -0.201. The summed E-state index contributed by atoms with van der Waals surface area (Å²) < 4.78 is 10.7. The number of hydrogen-bond donors (Lipinski definition) is 1. The molecule has 0 aliphatic heterocycles. The molecule has 1 N–H and O–H groups in total. The van der Waals surface area contributed by atoms with E-state index in [0.717, 1.165) is 43.9 Å². The highest BCUT2D eigenvalue weighted by atomic mass is 16.5. The lowest BCUT2D eigenvalue weighted by molar-refractivity contribution is -0.160. The molecule has 4 aliphatic carbocycles. The third-order valence-corrected chi connectivity index (χ3v) is 10.3. The van der Waals surface area contributed by atoms with Crippen molar-refractivity contribution in [2.24, 2.45) is 40.4 Å². The number of carbonyl (C=O) groups excluding carboxylic acids is 1. The molecule has 172 valence electrons. The van der Waals surface area contributed by atoms with Crippen LogP contribution in [0.4, 0.5) is 0 Å². The average Bonchev–Trinajstić information content (AvgIpc) is 3.35. The Labute approximate surface area is 186 Å². The van der Waals surface area contributed by atoms with Gasteiger partial charge in [0.25, 0.3) is 0 Å². The first kappa shape index (κ1) is 21.6. The van der Waals surface area contributed by atoms with E-state index < -0.39 is 5.60 Å². The van der Waals surface area contributed by atoms with Crippen LogP contribution in [0.25, 0.3) is 0 Å². The second-order valence-electron chi connectivity index (χ2n) is 11.8. The van der Waals surface area contributed by atoms with Crippen LogP contribution in [0.3, 0.4) is 0 Å². The second kappa shape index (κ2) is 7.69. The van der Waals surface area contributed by atoms with Crippen LogP contribution in [0.2, 0.25) is 0 Å². The molecule has 4 fully saturated rings. The maximum Gasteiger partial charge on any atom is 0.201 e. The molecule has 0 saturated heterocycles. The van der Waals surface area contributed by atoms with Gasteiger partial charge in [0.05, 0.1) is 24.8 Å². The molecule has 1 unspecified atom stereocenters. The molecule has 5 nitrogen and oxygen atoms in total. The maximum absolute atomic E-state index is 13.3. The number of rotatable bonds is 5. The predicted molar refractivity (Wildman–Crippen MR) is 117 cm³/mol. The molecule has 4 aliphatic rings. The third kappa shape index (κ3) is 3.42. The largest absolute Gasteiger partial charge is 0.449 e. The van der Waals surface area contributed by atoms with Gasteiger partial charge < -0.3 is 14.3 Å². The Morgan fingerprint density at radius 3 is 2.71 bits per heavy atom. The fourth-order valence-electron chi connectivity index (χ4n) is 9.08. The summed E-state index contributed by atoms with van der Waals surface area (Å²) in [6, 6.07) is 0. The molecule has 0 aromatic carbocycles. The summed E-state index contributed by atoms with van der Waals surface area (Å²) in [6.07, 6.45) is 13.5. The number of Topliss-reactive ketones (excluding diaryl/α,β-unsaturated/α-hetero) is 1. The summed E-state index contributed by atoms with van der Waals surface area (Å²) in [6.45, 7) is 5.43. The lowest BCUT2D eigenvalue weighted by Crippen LogP contribution is -2.56. The monoisotopic (exact) mass is 429 g/mol. The van der Waals surface area contributed by atoms with Crippen LogP contribution in [0, 0.1) is 40.4 Å². The van der Waals surface area contributed by atoms with Gasteiger partial charge in [-0.2, -0.15) is 0 Å². The van der Waals surface area contributed by atoms with Gasteiger partial charge in [-0.1, -0.05) is 13.8 Å². The average molecular weight is 430 g/mol. The second-order valence-corrected chi connectivity index (χ2v) is 11.8. The third-order valence-electron chi connectivity index (χ3n) is 10.3. The van der Waals surface area contributed by atoms with Crippen LogP contribution in [0.5, 0.6) is 0 Å². The van der Waals surface area contributed by atoms with Crippen molar-refractivity contribution in [2.45, 2.75) is 83.7 Å². The van der Waals surface area contributed by atoms with Gasteiger partial charge >= 0.3 is 0 Å². The zero-order valence-corrected chi connectivity index (χ0v) is 19.4. The summed E-state index contributed by atoms with van der Waals surface area (Å²) in [4.78, 5) is 17.4. The number of carbonyl (C=O) groups is 1. The number of hydrogen-bond acceptors (Lipinski definition) is 5. The van der Waals surface area contributed by atoms with Crippen molar-refractivity contribution in [1.82, 2.24) is 4.98 Å². The van der Waals surface area contributed by atoms with Crippen molar-refractivity contribution in [1.29, 1.82) is 0 Å². The number of ketones is 1. The zero-order valence-electron chi connectivity index (χ0n) is 19.4. The number of oxazole rings is 1. The molecule has 5 heteroatoms. The highest BCUT2D eigenvalue weighted by molar-refractivity contribution is 5.83. The fraction of sp³-hybridized carbons (Fsp3) is 0.846. The molecule has 4 saturated carbocycles. The van der Waals surface area contributed by atoms with Crippen molar-refractivity contribution < 1.29 is 19.1 Å². The Morgan fingerprint density at radius 1 is 1.16 bits per heavy atom. The van der Waals surface area contributed by atoms with Gasteiger partial charge in [0, 0.05) is 13.0 Å². The Bertz CT molecular complexity index is 808. The van der Waals surface area contributed by atoms with Crippen LogP contribution in [-0.2, 0) is 16.0 Å². The molecule has 31 heavy (non-hydrogen) atoms. The lowest BCUT2D eigenvalue weighted by atomic mass is 9.43. The summed E-state index contributed by atoms with van der Waals surface area (Å²) in [7, 11) is 1.70. The molecule has 0 bridgehead atoms. The molecule has 8 atom stereocenters. The van der Waals surface area contributed by atoms with E-state index in [2.05, 4.69) is 18.8 Å². The first-order chi connectivity index (χ1) is 14.8. The summed E-state index contributed by atoms with van der Waals surface area (Å²) in [5, 5.41) is 11.0. The molecule has 1 aromatic rings. The number of aromatic nitrogens is 1. The highest BCUT2D eigenvalue weighted by Gasteiger charge is 2.63. The standard InChI is InChI=1S/C26H39NO4/c1-24-9-6-17-15-26(29,16-30-3)11-7-18(17)19(24)8-10-25(2)20(4-5-22(24)25)21(28)14-23-27-12-13-31-23/h12-13,17-20,22,29H,4-11,14-16H2,1-3H3/t17-,18+,19-,20-,22+,24?,25-,26-/m1/s1. The van der Waals surface area contributed by atoms with Crippen LogP contribution < -0.4 is 0 Å². The van der Waals surface area contributed by atoms with Gasteiger partial charge in [-0.05, 0) is 92.3 Å². The Balaban J connectivity index is 1.34. The van der Waals surface area contributed by atoms with Gasteiger partial charge in [-0.3, -0.25) is 4.79 Å². The molecule has 1 aromatic heterocycles. The Hall–Kier alpha value is -1.20. The number of fused-ring (bicyclic) bond motifs is 5. The fourth-order valence-corrected chi connectivity index (χ4v) is 9.08. The van der Waals surface area contributed by atoms with E-state index in [-0.39, 0.29) is 11.3 Å². The maximum atomic E-state index is 13.3. The van der Waals surface area contributed by atoms with E-state index in [1.165, 1.54) is 25.7 Å². The number of aliphatic hydroxyl groups is 1. The topological polar surface area (TPSA) is 72.6 Å². The van der Waals surface area contributed by atoms with Crippen molar-refractivity contribution in [3.8, 4) is 0 Å². The molecular formula is C26H39NO4. The lowest BCUT2D eigenvalue weighted by Gasteiger charge is -2.62. The summed E-state index contributed by atoms with van der Waals surface area (Å²) >= 11 is 0. The van der Waals surface area contributed by atoms with Crippen LogP contribution in [-0.4, -0.2) is 35.2 Å². The van der Waals surface area contributed by atoms with E-state index in [0.29, 0.717) is 42.0 Å². The summed E-state index contributed by atoms with van der Waals surface area (Å²) in [5.74, 6) is 3.73.